The Hall–Kier alpha value is -5.80. The minimum atomic E-state index is 0.904. The average molecular weight is 576 g/mol. The number of aromatic nitrogens is 1. The van der Waals surface area contributed by atoms with E-state index < -0.39 is 0 Å². The van der Waals surface area contributed by atoms with Gasteiger partial charge in [0, 0.05) is 37.9 Å². The molecule has 3 heterocycles. The molecule has 11 rings (SSSR count). The Morgan fingerprint density at radius 2 is 1.27 bits per heavy atom. The molecule has 210 valence electrons. The molecule has 0 saturated carbocycles. The minimum absolute atomic E-state index is 0.904. The zero-order chi connectivity index (χ0) is 29.2. The average Bonchev–Trinajstić information content (AvgIpc) is 3.76. The maximum Gasteiger partial charge on any atom is 0.159 e. The summed E-state index contributed by atoms with van der Waals surface area (Å²) in [5.41, 5.74) is 7.47. The van der Waals surface area contributed by atoms with E-state index in [1.165, 1.54) is 54.0 Å². The van der Waals surface area contributed by atoms with Gasteiger partial charge in [0.1, 0.15) is 16.9 Å². The molecule has 1 aliphatic carbocycles. The Kier molecular flexibility index (Phi) is 4.43. The summed E-state index contributed by atoms with van der Waals surface area (Å²) in [6, 6.07) is 41.8. The molecule has 0 saturated heterocycles. The highest BCUT2D eigenvalue weighted by Gasteiger charge is 2.23. The first kappa shape index (κ1) is 23.6. The third-order valence-electron chi connectivity index (χ3n) is 10.0. The predicted octanol–water partition coefficient (Wildman–Crippen LogP) is 11.8. The number of allylic oxidation sites excluding steroid dienone is 1. The van der Waals surface area contributed by atoms with Crippen LogP contribution in [0.3, 0.4) is 0 Å². The predicted molar refractivity (Wildman–Crippen MR) is 188 cm³/mol. The van der Waals surface area contributed by atoms with Crippen LogP contribution >= 0.6 is 0 Å². The maximum atomic E-state index is 6.85. The molecule has 0 unspecified atom stereocenters. The molecular weight excluding hydrogens is 550 g/mol. The van der Waals surface area contributed by atoms with Gasteiger partial charge in [-0.1, -0.05) is 91.0 Å². The van der Waals surface area contributed by atoms with Crippen LogP contribution in [0, 0.1) is 0 Å². The zero-order valence-electron chi connectivity index (χ0n) is 24.3. The Morgan fingerprint density at radius 3 is 2.16 bits per heavy atom. The topological polar surface area (TPSA) is 31.2 Å². The Bertz CT molecular complexity index is 2930. The number of furan rings is 2. The highest BCUT2D eigenvalue weighted by atomic mass is 16.3. The molecule has 0 amide bonds. The van der Waals surface area contributed by atoms with Crippen LogP contribution in [0.2, 0.25) is 0 Å². The van der Waals surface area contributed by atoms with Gasteiger partial charge in [-0.05, 0) is 76.2 Å². The zero-order valence-corrected chi connectivity index (χ0v) is 24.3. The summed E-state index contributed by atoms with van der Waals surface area (Å²) in [6.07, 6.45) is 6.40. The minimum Gasteiger partial charge on any atom is -0.455 e. The summed E-state index contributed by atoms with van der Waals surface area (Å²) in [4.78, 5) is 0. The molecule has 3 aromatic heterocycles. The number of hydrogen-bond acceptors (Lipinski definition) is 2. The van der Waals surface area contributed by atoms with E-state index in [1.54, 1.807) is 0 Å². The van der Waals surface area contributed by atoms with Crippen molar-refractivity contribution in [2.24, 2.45) is 0 Å². The second-order valence-corrected chi connectivity index (χ2v) is 12.4. The van der Waals surface area contributed by atoms with Crippen LogP contribution in [0.1, 0.15) is 17.7 Å². The van der Waals surface area contributed by atoms with Crippen molar-refractivity contribution in [3.63, 3.8) is 0 Å². The molecule has 10 aromatic rings. The number of fused-ring (bicyclic) bond motifs is 15. The van der Waals surface area contributed by atoms with E-state index in [2.05, 4.69) is 132 Å². The summed E-state index contributed by atoms with van der Waals surface area (Å²) in [5, 5.41) is 13.1. The van der Waals surface area contributed by atoms with Gasteiger partial charge in [-0.2, -0.15) is 0 Å². The van der Waals surface area contributed by atoms with Crippen molar-refractivity contribution >= 4 is 93.1 Å². The standard InChI is InChI=1S/C42H25NO2/c1-3-10-27-24(8-1)16-17-26-18-20-31-32-22-36-33(23-38(32)45-42(31)39(26)27)40-28-11-4-2-9-25(28)19-21-34(40)43(36)35-14-7-13-30-29-12-5-6-15-37(29)44-41(30)35/h1-4,6-11,13-23H,5,12H2. The number of nitrogens with zero attached hydrogens (tertiary/aromatic N) is 1. The first-order chi connectivity index (χ1) is 22.3. The van der Waals surface area contributed by atoms with Crippen molar-refractivity contribution in [1.29, 1.82) is 0 Å². The molecule has 0 N–H and O–H groups in total. The first-order valence-electron chi connectivity index (χ1n) is 15.7. The van der Waals surface area contributed by atoms with Gasteiger partial charge in [0.25, 0.3) is 0 Å². The van der Waals surface area contributed by atoms with Crippen LogP contribution in [0.15, 0.2) is 130 Å². The van der Waals surface area contributed by atoms with E-state index in [0.29, 0.717) is 0 Å². The Labute approximate surface area is 257 Å². The number of aryl methyl sites for hydroxylation is 1. The molecular formula is C42H25NO2. The summed E-state index contributed by atoms with van der Waals surface area (Å²) >= 11 is 0. The molecule has 3 nitrogen and oxygen atoms in total. The van der Waals surface area contributed by atoms with Crippen molar-refractivity contribution in [3.05, 3.63) is 133 Å². The summed E-state index contributed by atoms with van der Waals surface area (Å²) in [6.45, 7) is 0. The number of benzene rings is 7. The summed E-state index contributed by atoms with van der Waals surface area (Å²) < 4.78 is 15.9. The van der Waals surface area contributed by atoms with E-state index in [4.69, 9.17) is 8.83 Å². The Morgan fingerprint density at radius 1 is 0.511 bits per heavy atom. The fraction of sp³-hybridized carbons (Fsp3) is 0.0476. The molecule has 45 heavy (non-hydrogen) atoms. The first-order valence-corrected chi connectivity index (χ1v) is 15.7. The largest absolute Gasteiger partial charge is 0.455 e. The highest BCUT2D eigenvalue weighted by molar-refractivity contribution is 6.27. The number of hydrogen-bond donors (Lipinski definition) is 0. The van der Waals surface area contributed by atoms with E-state index in [9.17, 15) is 0 Å². The van der Waals surface area contributed by atoms with Crippen molar-refractivity contribution < 1.29 is 8.83 Å². The van der Waals surface area contributed by atoms with Gasteiger partial charge in [0.05, 0.1) is 16.7 Å². The van der Waals surface area contributed by atoms with Crippen LogP contribution in [-0.4, -0.2) is 4.57 Å². The van der Waals surface area contributed by atoms with Crippen molar-refractivity contribution in [2.75, 3.05) is 0 Å². The normalized spacial score (nSPS) is 13.5. The van der Waals surface area contributed by atoms with Gasteiger partial charge < -0.3 is 13.4 Å². The van der Waals surface area contributed by atoms with Crippen molar-refractivity contribution in [2.45, 2.75) is 12.8 Å². The smallest absolute Gasteiger partial charge is 0.159 e. The second-order valence-electron chi connectivity index (χ2n) is 12.4. The molecule has 0 spiro atoms. The van der Waals surface area contributed by atoms with Gasteiger partial charge in [-0.25, -0.2) is 0 Å². The van der Waals surface area contributed by atoms with E-state index in [-0.39, 0.29) is 0 Å². The van der Waals surface area contributed by atoms with E-state index >= 15 is 0 Å². The number of rotatable bonds is 1. The molecule has 0 atom stereocenters. The van der Waals surface area contributed by atoms with Gasteiger partial charge in [-0.3, -0.25) is 0 Å². The lowest BCUT2D eigenvalue weighted by Gasteiger charge is -2.09. The highest BCUT2D eigenvalue weighted by Crippen LogP contribution is 2.44. The summed E-state index contributed by atoms with van der Waals surface area (Å²) in [7, 11) is 0. The van der Waals surface area contributed by atoms with Crippen molar-refractivity contribution in [3.8, 4) is 5.69 Å². The Balaban J connectivity index is 1.33. The molecule has 0 fully saturated rings. The molecule has 1 aliphatic rings. The second kappa shape index (κ2) is 8.43. The van der Waals surface area contributed by atoms with E-state index in [1.807, 2.05) is 0 Å². The molecule has 0 bridgehead atoms. The molecule has 0 aliphatic heterocycles. The lowest BCUT2D eigenvalue weighted by molar-refractivity contribution is 0.594. The lowest BCUT2D eigenvalue weighted by Crippen LogP contribution is -1.94. The van der Waals surface area contributed by atoms with Gasteiger partial charge in [-0.15, -0.1) is 0 Å². The third kappa shape index (κ3) is 3.05. The molecule has 3 heteroatoms. The van der Waals surface area contributed by atoms with Crippen LogP contribution in [-0.2, 0) is 6.42 Å². The fourth-order valence-electron chi connectivity index (χ4n) is 8.02. The van der Waals surface area contributed by atoms with Crippen molar-refractivity contribution in [1.82, 2.24) is 4.57 Å². The summed E-state index contributed by atoms with van der Waals surface area (Å²) in [5.74, 6) is 0.984. The van der Waals surface area contributed by atoms with Gasteiger partial charge >= 0.3 is 0 Å². The van der Waals surface area contributed by atoms with Crippen LogP contribution in [0.25, 0.3) is 98.8 Å². The van der Waals surface area contributed by atoms with Crippen LogP contribution in [0.4, 0.5) is 0 Å². The van der Waals surface area contributed by atoms with Crippen LogP contribution < -0.4 is 0 Å². The van der Waals surface area contributed by atoms with Gasteiger partial charge in [0.2, 0.25) is 0 Å². The quantitative estimate of drug-likeness (QED) is 0.182. The monoisotopic (exact) mass is 575 g/mol. The fourth-order valence-corrected chi connectivity index (χ4v) is 8.02. The third-order valence-corrected chi connectivity index (χ3v) is 10.0. The molecule has 7 aromatic carbocycles. The SMILES string of the molecule is C1=Cc2oc3c(-n4c5cc6c(cc5c5c7ccccc7ccc54)oc4c6ccc5ccc6ccccc6c54)cccc3c2CC1. The van der Waals surface area contributed by atoms with E-state index in [0.717, 1.165) is 62.8 Å². The van der Waals surface area contributed by atoms with Crippen LogP contribution in [0.5, 0.6) is 0 Å². The van der Waals surface area contributed by atoms with Gasteiger partial charge in [0.15, 0.2) is 5.58 Å². The maximum absolute atomic E-state index is 6.85. The number of para-hydroxylation sites is 1. The molecule has 0 radical (unpaired) electrons. The lowest BCUT2D eigenvalue weighted by atomic mass is 9.99.